The average Bonchev–Trinajstić information content (AvgIpc) is 2.68. The van der Waals surface area contributed by atoms with E-state index in [-0.39, 0.29) is 0 Å². The molecule has 1 aliphatic rings. The standard InChI is InChI=1S/C19H27N5O/c1-2-24(15-17-6-4-3-5-7-17)19-14-18(21-16-22-19)20-8-9-23-10-12-25-13-11-23/h3-7,14,16H,2,8-13,15H2,1H3,(H,20,21,22). The van der Waals surface area contributed by atoms with Crippen LogP contribution in [0, 0.1) is 0 Å². The fraction of sp³-hybridized carbons (Fsp3) is 0.474. The van der Waals surface area contributed by atoms with Gasteiger partial charge in [0.2, 0.25) is 0 Å². The first-order valence-electron chi connectivity index (χ1n) is 9.00. The smallest absolute Gasteiger partial charge is 0.134 e. The molecule has 0 unspecified atom stereocenters. The lowest BCUT2D eigenvalue weighted by atomic mass is 10.2. The van der Waals surface area contributed by atoms with E-state index in [4.69, 9.17) is 4.74 Å². The summed E-state index contributed by atoms with van der Waals surface area (Å²) in [5.74, 6) is 1.83. The molecule has 0 spiro atoms. The van der Waals surface area contributed by atoms with Gasteiger partial charge in [0.1, 0.15) is 18.0 Å². The highest BCUT2D eigenvalue weighted by Gasteiger charge is 2.11. The molecule has 134 valence electrons. The van der Waals surface area contributed by atoms with Crippen LogP contribution in [0.3, 0.4) is 0 Å². The number of anilines is 2. The monoisotopic (exact) mass is 341 g/mol. The van der Waals surface area contributed by atoms with Gasteiger partial charge in [0.05, 0.1) is 13.2 Å². The Morgan fingerprint density at radius 2 is 1.96 bits per heavy atom. The van der Waals surface area contributed by atoms with E-state index in [0.29, 0.717) is 0 Å². The maximum atomic E-state index is 5.38. The van der Waals surface area contributed by atoms with Crippen LogP contribution in [0.25, 0.3) is 0 Å². The zero-order chi connectivity index (χ0) is 17.3. The van der Waals surface area contributed by atoms with Gasteiger partial charge in [0.15, 0.2) is 0 Å². The van der Waals surface area contributed by atoms with Gasteiger partial charge < -0.3 is 15.0 Å². The van der Waals surface area contributed by atoms with Crippen LogP contribution in [-0.2, 0) is 11.3 Å². The summed E-state index contributed by atoms with van der Waals surface area (Å²) in [6.07, 6.45) is 1.64. The number of ether oxygens (including phenoxy) is 1. The van der Waals surface area contributed by atoms with E-state index in [1.807, 2.05) is 12.1 Å². The molecular formula is C19H27N5O. The third-order valence-corrected chi connectivity index (χ3v) is 4.41. The van der Waals surface area contributed by atoms with Crippen LogP contribution in [0.4, 0.5) is 11.6 Å². The molecule has 6 nitrogen and oxygen atoms in total. The van der Waals surface area contributed by atoms with Crippen LogP contribution in [0.2, 0.25) is 0 Å². The molecule has 0 bridgehead atoms. The van der Waals surface area contributed by atoms with Crippen LogP contribution in [-0.4, -0.2) is 60.8 Å². The number of hydrogen-bond donors (Lipinski definition) is 1. The van der Waals surface area contributed by atoms with Gasteiger partial charge in [-0.05, 0) is 12.5 Å². The lowest BCUT2D eigenvalue weighted by molar-refractivity contribution is 0.0398. The molecule has 6 heteroatoms. The van der Waals surface area contributed by atoms with Crippen LogP contribution in [0.5, 0.6) is 0 Å². The first kappa shape index (κ1) is 17.6. The van der Waals surface area contributed by atoms with Gasteiger partial charge in [-0.1, -0.05) is 30.3 Å². The van der Waals surface area contributed by atoms with Gasteiger partial charge in [0.25, 0.3) is 0 Å². The van der Waals surface area contributed by atoms with E-state index >= 15 is 0 Å². The van der Waals surface area contributed by atoms with Gasteiger partial charge in [0, 0.05) is 45.3 Å². The van der Waals surface area contributed by atoms with Crippen LogP contribution in [0.1, 0.15) is 12.5 Å². The maximum absolute atomic E-state index is 5.38. The van der Waals surface area contributed by atoms with Gasteiger partial charge >= 0.3 is 0 Å². The summed E-state index contributed by atoms with van der Waals surface area (Å²) in [5, 5.41) is 3.41. The van der Waals surface area contributed by atoms with Gasteiger partial charge in [-0.15, -0.1) is 0 Å². The highest BCUT2D eigenvalue weighted by atomic mass is 16.5. The lowest BCUT2D eigenvalue weighted by Crippen LogP contribution is -2.39. The minimum atomic E-state index is 0.836. The van der Waals surface area contributed by atoms with Crippen molar-refractivity contribution >= 4 is 11.6 Å². The Morgan fingerprint density at radius 1 is 1.16 bits per heavy atom. The molecule has 1 N–H and O–H groups in total. The Morgan fingerprint density at radius 3 is 2.72 bits per heavy atom. The maximum Gasteiger partial charge on any atom is 0.134 e. The number of nitrogens with one attached hydrogen (secondary N) is 1. The predicted octanol–water partition coefficient (Wildman–Crippen LogP) is 2.25. The Hall–Kier alpha value is -2.18. The Balaban J connectivity index is 1.55. The highest BCUT2D eigenvalue weighted by Crippen LogP contribution is 2.16. The van der Waals surface area contributed by atoms with Crippen LogP contribution in [0.15, 0.2) is 42.7 Å². The molecule has 1 aromatic carbocycles. The number of benzene rings is 1. The van der Waals surface area contributed by atoms with Crippen molar-refractivity contribution < 1.29 is 4.74 Å². The molecule has 0 amide bonds. The summed E-state index contributed by atoms with van der Waals surface area (Å²) in [6, 6.07) is 12.5. The minimum Gasteiger partial charge on any atom is -0.379 e. The lowest BCUT2D eigenvalue weighted by Gasteiger charge is -2.26. The minimum absolute atomic E-state index is 0.836. The van der Waals surface area contributed by atoms with E-state index in [2.05, 4.69) is 56.3 Å². The molecule has 0 saturated carbocycles. The van der Waals surface area contributed by atoms with Crippen molar-refractivity contribution in [3.63, 3.8) is 0 Å². The second-order valence-corrected chi connectivity index (χ2v) is 6.14. The van der Waals surface area contributed by atoms with Crippen molar-refractivity contribution in [1.82, 2.24) is 14.9 Å². The predicted molar refractivity (Wildman–Crippen MR) is 101 cm³/mol. The SMILES string of the molecule is CCN(Cc1ccccc1)c1cc(NCCN2CCOCC2)ncn1. The molecule has 0 aliphatic carbocycles. The molecule has 1 fully saturated rings. The summed E-state index contributed by atoms with van der Waals surface area (Å²) in [7, 11) is 0. The van der Waals surface area contributed by atoms with Crippen molar-refractivity contribution in [2.75, 3.05) is 56.2 Å². The van der Waals surface area contributed by atoms with E-state index < -0.39 is 0 Å². The summed E-state index contributed by atoms with van der Waals surface area (Å²) < 4.78 is 5.38. The van der Waals surface area contributed by atoms with E-state index in [1.165, 1.54) is 5.56 Å². The fourth-order valence-electron chi connectivity index (χ4n) is 2.94. The number of hydrogen-bond acceptors (Lipinski definition) is 6. The summed E-state index contributed by atoms with van der Waals surface area (Å²) in [5.41, 5.74) is 1.28. The molecule has 1 saturated heterocycles. The summed E-state index contributed by atoms with van der Waals surface area (Å²) >= 11 is 0. The molecule has 2 heterocycles. The Bertz CT molecular complexity index is 631. The first-order chi connectivity index (χ1) is 12.3. The quantitative estimate of drug-likeness (QED) is 0.795. The van der Waals surface area contributed by atoms with E-state index in [9.17, 15) is 0 Å². The second-order valence-electron chi connectivity index (χ2n) is 6.14. The van der Waals surface area contributed by atoms with Gasteiger partial charge in [-0.2, -0.15) is 0 Å². The molecule has 3 rings (SSSR count). The molecular weight excluding hydrogens is 314 g/mol. The van der Waals surface area contributed by atoms with Gasteiger partial charge in [-0.25, -0.2) is 9.97 Å². The van der Waals surface area contributed by atoms with Crippen molar-refractivity contribution in [3.8, 4) is 0 Å². The van der Waals surface area contributed by atoms with Gasteiger partial charge in [-0.3, -0.25) is 4.90 Å². The average molecular weight is 341 g/mol. The number of aromatic nitrogens is 2. The zero-order valence-corrected chi connectivity index (χ0v) is 14.9. The molecule has 1 aromatic heterocycles. The van der Waals surface area contributed by atoms with Crippen molar-refractivity contribution in [1.29, 1.82) is 0 Å². The van der Waals surface area contributed by atoms with Crippen LogP contribution < -0.4 is 10.2 Å². The van der Waals surface area contributed by atoms with E-state index in [0.717, 1.165) is 64.1 Å². The van der Waals surface area contributed by atoms with Crippen LogP contribution >= 0.6 is 0 Å². The molecule has 2 aromatic rings. The van der Waals surface area contributed by atoms with Crippen molar-refractivity contribution in [2.45, 2.75) is 13.5 Å². The van der Waals surface area contributed by atoms with Crippen molar-refractivity contribution in [2.24, 2.45) is 0 Å². The topological polar surface area (TPSA) is 53.5 Å². The number of nitrogens with zero attached hydrogens (tertiary/aromatic N) is 4. The van der Waals surface area contributed by atoms with E-state index in [1.54, 1.807) is 6.33 Å². The molecule has 1 aliphatic heterocycles. The third kappa shape index (κ3) is 5.41. The summed E-state index contributed by atoms with van der Waals surface area (Å²) in [6.45, 7) is 9.47. The summed E-state index contributed by atoms with van der Waals surface area (Å²) in [4.78, 5) is 13.5. The highest BCUT2D eigenvalue weighted by molar-refractivity contribution is 5.48. The third-order valence-electron chi connectivity index (χ3n) is 4.41. The Labute approximate surface area is 149 Å². The second kappa shape index (κ2) is 9.34. The normalized spacial score (nSPS) is 15.1. The Kier molecular flexibility index (Phi) is 6.59. The molecule has 0 atom stereocenters. The number of morpholine rings is 1. The zero-order valence-electron chi connectivity index (χ0n) is 14.9. The number of rotatable bonds is 8. The largest absolute Gasteiger partial charge is 0.379 e. The molecule has 0 radical (unpaired) electrons. The first-order valence-corrected chi connectivity index (χ1v) is 9.00. The molecule has 25 heavy (non-hydrogen) atoms. The van der Waals surface area contributed by atoms with Crippen molar-refractivity contribution in [3.05, 3.63) is 48.3 Å². The fourth-order valence-corrected chi connectivity index (χ4v) is 2.94.